The summed E-state index contributed by atoms with van der Waals surface area (Å²) in [6.07, 6.45) is 1.45. The number of carboxylic acids is 1. The standard InChI is InChI=1S/C19H19NO5S/c1-13-3-9-16(10-4-13)26(23,24)20-12-11-17(19(21)22)18(20)14-5-7-15(25-2)8-6-14/h3-11,18H,12H2,1-2H3,(H,21,22). The van der Waals surface area contributed by atoms with Crippen molar-refractivity contribution in [1.29, 1.82) is 0 Å². The van der Waals surface area contributed by atoms with Gasteiger partial charge in [0.15, 0.2) is 0 Å². The molecule has 26 heavy (non-hydrogen) atoms. The van der Waals surface area contributed by atoms with Crippen LogP contribution in [-0.2, 0) is 14.8 Å². The Hall–Kier alpha value is -2.64. The van der Waals surface area contributed by atoms with Crippen LogP contribution < -0.4 is 4.74 Å². The van der Waals surface area contributed by atoms with E-state index >= 15 is 0 Å². The Kier molecular flexibility index (Phi) is 4.84. The van der Waals surface area contributed by atoms with Crippen LogP contribution in [0, 0.1) is 6.92 Å². The smallest absolute Gasteiger partial charge is 0.333 e. The molecule has 0 spiro atoms. The second-order valence-corrected chi connectivity index (χ2v) is 7.92. The van der Waals surface area contributed by atoms with E-state index in [-0.39, 0.29) is 17.0 Å². The Morgan fingerprint density at radius 3 is 2.27 bits per heavy atom. The summed E-state index contributed by atoms with van der Waals surface area (Å²) in [5, 5.41) is 9.52. The van der Waals surface area contributed by atoms with Crippen molar-refractivity contribution in [2.45, 2.75) is 17.9 Å². The minimum Gasteiger partial charge on any atom is -0.497 e. The highest BCUT2D eigenvalue weighted by molar-refractivity contribution is 7.89. The van der Waals surface area contributed by atoms with E-state index in [0.29, 0.717) is 11.3 Å². The molecule has 2 aromatic carbocycles. The topological polar surface area (TPSA) is 83.9 Å². The number of nitrogens with zero attached hydrogens (tertiary/aromatic N) is 1. The van der Waals surface area contributed by atoms with Crippen LogP contribution in [0.1, 0.15) is 17.2 Å². The lowest BCUT2D eigenvalue weighted by atomic mass is 10.0. The van der Waals surface area contributed by atoms with Crippen molar-refractivity contribution < 1.29 is 23.1 Å². The van der Waals surface area contributed by atoms with E-state index in [0.717, 1.165) is 5.56 Å². The van der Waals surface area contributed by atoms with Crippen LogP contribution in [0.4, 0.5) is 0 Å². The van der Waals surface area contributed by atoms with Gasteiger partial charge < -0.3 is 9.84 Å². The molecule has 0 saturated carbocycles. The Morgan fingerprint density at radius 2 is 1.73 bits per heavy atom. The minimum atomic E-state index is -3.85. The quantitative estimate of drug-likeness (QED) is 0.871. The molecule has 1 unspecified atom stereocenters. The molecule has 3 rings (SSSR count). The Balaban J connectivity index is 2.05. The molecule has 0 amide bonds. The summed E-state index contributed by atoms with van der Waals surface area (Å²) in [5.74, 6) is -0.520. The molecule has 2 aromatic rings. The van der Waals surface area contributed by atoms with Gasteiger partial charge in [-0.25, -0.2) is 13.2 Å². The fraction of sp³-hybridized carbons (Fsp3) is 0.211. The fourth-order valence-electron chi connectivity index (χ4n) is 2.98. The van der Waals surface area contributed by atoms with Gasteiger partial charge in [-0.1, -0.05) is 35.9 Å². The van der Waals surface area contributed by atoms with Gasteiger partial charge in [-0.05, 0) is 36.8 Å². The molecule has 1 heterocycles. The van der Waals surface area contributed by atoms with E-state index in [1.165, 1.54) is 29.6 Å². The van der Waals surface area contributed by atoms with Crippen molar-refractivity contribution in [3.63, 3.8) is 0 Å². The number of sulfonamides is 1. The SMILES string of the molecule is COc1ccc(C2C(C(=O)O)=CCN2S(=O)(=O)c2ccc(C)cc2)cc1. The first-order valence-corrected chi connectivity index (χ1v) is 9.44. The van der Waals surface area contributed by atoms with Crippen molar-refractivity contribution in [3.05, 3.63) is 71.3 Å². The lowest BCUT2D eigenvalue weighted by molar-refractivity contribution is -0.133. The van der Waals surface area contributed by atoms with Crippen LogP contribution in [0.15, 0.2) is 65.1 Å². The van der Waals surface area contributed by atoms with Crippen molar-refractivity contribution in [3.8, 4) is 5.75 Å². The number of benzene rings is 2. The summed E-state index contributed by atoms with van der Waals surface area (Å²) in [7, 11) is -2.32. The molecule has 7 heteroatoms. The molecular formula is C19H19NO5S. The van der Waals surface area contributed by atoms with E-state index in [4.69, 9.17) is 4.74 Å². The van der Waals surface area contributed by atoms with Crippen LogP contribution in [0.25, 0.3) is 0 Å². The van der Waals surface area contributed by atoms with Crippen molar-refractivity contribution in [2.75, 3.05) is 13.7 Å². The fourth-order valence-corrected chi connectivity index (χ4v) is 4.51. The zero-order chi connectivity index (χ0) is 18.9. The highest BCUT2D eigenvalue weighted by atomic mass is 32.2. The summed E-state index contributed by atoms with van der Waals surface area (Å²) in [6, 6.07) is 12.4. The second-order valence-electron chi connectivity index (χ2n) is 6.03. The van der Waals surface area contributed by atoms with Gasteiger partial charge in [0, 0.05) is 6.54 Å². The Labute approximate surface area is 152 Å². The highest BCUT2D eigenvalue weighted by Crippen LogP contribution is 2.38. The number of hydrogen-bond donors (Lipinski definition) is 1. The lowest BCUT2D eigenvalue weighted by Crippen LogP contribution is -2.33. The number of methoxy groups -OCH3 is 1. The molecule has 0 radical (unpaired) electrons. The van der Waals surface area contributed by atoms with E-state index in [1.54, 1.807) is 36.4 Å². The van der Waals surface area contributed by atoms with Gasteiger partial charge in [0.2, 0.25) is 10.0 Å². The molecule has 1 aliphatic rings. The van der Waals surface area contributed by atoms with Gasteiger partial charge in [0.1, 0.15) is 5.75 Å². The third-order valence-electron chi connectivity index (χ3n) is 4.38. The van der Waals surface area contributed by atoms with Crippen molar-refractivity contribution >= 4 is 16.0 Å². The third kappa shape index (κ3) is 3.23. The highest BCUT2D eigenvalue weighted by Gasteiger charge is 2.40. The van der Waals surface area contributed by atoms with Crippen LogP contribution in [0.5, 0.6) is 5.75 Å². The molecule has 0 saturated heterocycles. The van der Waals surface area contributed by atoms with Crippen LogP contribution in [0.2, 0.25) is 0 Å². The molecule has 136 valence electrons. The van der Waals surface area contributed by atoms with Crippen LogP contribution in [-0.4, -0.2) is 37.5 Å². The summed E-state index contributed by atoms with van der Waals surface area (Å²) in [6.45, 7) is 1.88. The van der Waals surface area contributed by atoms with Gasteiger partial charge in [0.05, 0.1) is 23.6 Å². The number of aliphatic carboxylic acids is 1. The number of ether oxygens (including phenoxy) is 1. The molecule has 0 fully saturated rings. The summed E-state index contributed by atoms with van der Waals surface area (Å²) < 4.78 is 32.5. The van der Waals surface area contributed by atoms with Gasteiger partial charge >= 0.3 is 5.97 Å². The zero-order valence-electron chi connectivity index (χ0n) is 14.4. The van der Waals surface area contributed by atoms with Crippen molar-refractivity contribution in [1.82, 2.24) is 4.31 Å². The van der Waals surface area contributed by atoms with Crippen LogP contribution in [0.3, 0.4) is 0 Å². The van der Waals surface area contributed by atoms with Gasteiger partial charge in [-0.3, -0.25) is 0 Å². The number of carboxylic acid groups (broad SMARTS) is 1. The normalized spacial score (nSPS) is 17.8. The van der Waals surface area contributed by atoms with Gasteiger partial charge in [0.25, 0.3) is 0 Å². The monoisotopic (exact) mass is 373 g/mol. The van der Waals surface area contributed by atoms with E-state index in [2.05, 4.69) is 0 Å². The molecule has 1 atom stereocenters. The molecule has 1 aliphatic heterocycles. The first-order chi connectivity index (χ1) is 12.3. The molecule has 6 nitrogen and oxygen atoms in total. The second kappa shape index (κ2) is 6.93. The molecular weight excluding hydrogens is 354 g/mol. The van der Waals surface area contributed by atoms with Gasteiger partial charge in [-0.2, -0.15) is 4.31 Å². The largest absolute Gasteiger partial charge is 0.497 e. The third-order valence-corrected chi connectivity index (χ3v) is 6.23. The number of hydrogen-bond acceptors (Lipinski definition) is 4. The maximum atomic E-state index is 13.1. The van der Waals surface area contributed by atoms with Crippen LogP contribution >= 0.6 is 0 Å². The minimum absolute atomic E-state index is 0.00847. The van der Waals surface area contributed by atoms with E-state index < -0.39 is 22.0 Å². The Bertz CT molecular complexity index is 946. The lowest BCUT2D eigenvalue weighted by Gasteiger charge is -2.26. The summed E-state index contributed by atoms with van der Waals surface area (Å²) in [4.78, 5) is 11.8. The maximum absolute atomic E-state index is 13.1. The van der Waals surface area contributed by atoms with E-state index in [9.17, 15) is 18.3 Å². The first kappa shape index (κ1) is 18.2. The summed E-state index contributed by atoms with van der Waals surface area (Å²) in [5.41, 5.74) is 1.57. The van der Waals surface area contributed by atoms with Gasteiger partial charge in [-0.15, -0.1) is 0 Å². The number of carbonyl (C=O) groups is 1. The number of rotatable bonds is 5. The molecule has 1 N–H and O–H groups in total. The molecule has 0 aliphatic carbocycles. The predicted octanol–water partition coefficient (Wildman–Crippen LogP) is 2.76. The summed E-state index contributed by atoms with van der Waals surface area (Å²) >= 11 is 0. The zero-order valence-corrected chi connectivity index (χ0v) is 15.2. The predicted molar refractivity (Wildman–Crippen MR) is 96.5 cm³/mol. The maximum Gasteiger partial charge on any atom is 0.333 e. The average Bonchev–Trinajstić information content (AvgIpc) is 3.08. The van der Waals surface area contributed by atoms with Crippen molar-refractivity contribution in [2.24, 2.45) is 0 Å². The Morgan fingerprint density at radius 1 is 1.12 bits per heavy atom. The number of aryl methyl sites for hydroxylation is 1. The first-order valence-electron chi connectivity index (χ1n) is 8.00. The molecule has 0 aromatic heterocycles. The van der Waals surface area contributed by atoms with E-state index in [1.807, 2.05) is 6.92 Å². The molecule has 0 bridgehead atoms. The average molecular weight is 373 g/mol.